The molecule has 0 atom stereocenters. The molecule has 1 aliphatic carbocycles. The van der Waals surface area contributed by atoms with Gasteiger partial charge in [-0.05, 0) is 19.8 Å². The van der Waals surface area contributed by atoms with E-state index >= 15 is 0 Å². The van der Waals surface area contributed by atoms with E-state index in [0.29, 0.717) is 5.70 Å². The van der Waals surface area contributed by atoms with Gasteiger partial charge in [-0.3, -0.25) is 10.1 Å². The number of urea groups is 1. The lowest BCUT2D eigenvalue weighted by molar-refractivity contribution is -0.116. The Labute approximate surface area is 119 Å². The van der Waals surface area contributed by atoms with Crippen LogP contribution >= 0.6 is 0 Å². The van der Waals surface area contributed by atoms with Crippen molar-refractivity contribution in [2.24, 2.45) is 5.73 Å². The van der Waals surface area contributed by atoms with Gasteiger partial charge in [0.25, 0.3) is 5.91 Å². The van der Waals surface area contributed by atoms with E-state index in [0.717, 1.165) is 25.7 Å². The summed E-state index contributed by atoms with van der Waals surface area (Å²) in [5, 5.41) is 14.2. The first-order valence-corrected chi connectivity index (χ1v) is 7.03. The second kappa shape index (κ2) is 8.20. The largest absolute Gasteiger partial charge is 0.385 e. The number of amides is 3. The van der Waals surface area contributed by atoms with Crippen LogP contribution in [0.5, 0.6) is 0 Å². The fourth-order valence-electron chi connectivity index (χ4n) is 2.46. The van der Waals surface area contributed by atoms with Crippen LogP contribution in [0.25, 0.3) is 0 Å². The van der Waals surface area contributed by atoms with Crippen LogP contribution in [-0.4, -0.2) is 18.0 Å². The highest BCUT2D eigenvalue weighted by Gasteiger charge is 2.17. The third-order valence-corrected chi connectivity index (χ3v) is 3.48. The number of hydrogen-bond acceptors (Lipinski definition) is 4. The molecule has 0 bridgehead atoms. The van der Waals surface area contributed by atoms with Gasteiger partial charge in [-0.15, -0.1) is 0 Å². The summed E-state index contributed by atoms with van der Waals surface area (Å²) in [5.41, 5.74) is 5.29. The maximum absolute atomic E-state index is 11.7. The molecule has 1 saturated carbocycles. The van der Waals surface area contributed by atoms with Crippen molar-refractivity contribution < 1.29 is 9.59 Å². The van der Waals surface area contributed by atoms with E-state index in [-0.39, 0.29) is 11.6 Å². The Balaban J connectivity index is 2.70. The SMILES string of the molecule is C/C(NC1CCCCCCC1)=C(/C#N)C(=O)NC(N)=O. The summed E-state index contributed by atoms with van der Waals surface area (Å²) in [5.74, 6) is -0.754. The molecule has 4 N–H and O–H groups in total. The van der Waals surface area contributed by atoms with Gasteiger partial charge in [0.15, 0.2) is 0 Å². The Bertz CT molecular complexity index is 429. The third-order valence-electron chi connectivity index (χ3n) is 3.48. The molecule has 1 aliphatic rings. The van der Waals surface area contributed by atoms with Crippen molar-refractivity contribution in [1.29, 1.82) is 5.26 Å². The molecular weight excluding hydrogens is 256 g/mol. The predicted octanol–water partition coefficient (Wildman–Crippen LogP) is 1.68. The van der Waals surface area contributed by atoms with Crippen LogP contribution in [0.1, 0.15) is 51.9 Å². The number of nitrogens with two attached hydrogens (primary N) is 1. The number of carbonyl (C=O) groups is 2. The number of nitriles is 1. The normalized spacial score (nSPS) is 18.0. The van der Waals surface area contributed by atoms with Crippen LogP contribution < -0.4 is 16.4 Å². The molecule has 0 aromatic carbocycles. The Morgan fingerprint density at radius 3 is 2.20 bits per heavy atom. The Hall–Kier alpha value is -2.03. The molecule has 0 unspecified atom stereocenters. The van der Waals surface area contributed by atoms with Gasteiger partial charge in [0.1, 0.15) is 11.6 Å². The van der Waals surface area contributed by atoms with E-state index in [1.165, 1.54) is 19.3 Å². The minimum Gasteiger partial charge on any atom is -0.385 e. The molecule has 3 amide bonds. The molecule has 1 fully saturated rings. The summed E-state index contributed by atoms with van der Waals surface area (Å²) < 4.78 is 0. The topological polar surface area (TPSA) is 108 Å². The van der Waals surface area contributed by atoms with Crippen molar-refractivity contribution in [3.63, 3.8) is 0 Å². The van der Waals surface area contributed by atoms with Crippen molar-refractivity contribution in [1.82, 2.24) is 10.6 Å². The molecule has 0 heterocycles. The van der Waals surface area contributed by atoms with Crippen molar-refractivity contribution in [2.45, 2.75) is 57.9 Å². The highest BCUT2D eigenvalue weighted by Crippen LogP contribution is 2.18. The van der Waals surface area contributed by atoms with E-state index in [9.17, 15) is 9.59 Å². The number of nitrogens with zero attached hydrogens (tertiary/aromatic N) is 1. The zero-order valence-electron chi connectivity index (χ0n) is 11.9. The van der Waals surface area contributed by atoms with Gasteiger partial charge in [0.05, 0.1) is 0 Å². The molecule has 6 nitrogen and oxygen atoms in total. The number of carbonyl (C=O) groups excluding carboxylic acids is 2. The molecule has 0 aliphatic heterocycles. The lowest BCUT2D eigenvalue weighted by Crippen LogP contribution is -2.37. The average Bonchev–Trinajstić information content (AvgIpc) is 2.32. The van der Waals surface area contributed by atoms with Crippen LogP contribution in [0.2, 0.25) is 0 Å². The van der Waals surface area contributed by atoms with Crippen LogP contribution in [0, 0.1) is 11.3 Å². The van der Waals surface area contributed by atoms with Crippen LogP contribution in [0.3, 0.4) is 0 Å². The smallest absolute Gasteiger partial charge is 0.319 e. The average molecular weight is 278 g/mol. The fraction of sp³-hybridized carbons (Fsp3) is 0.643. The Morgan fingerprint density at radius 2 is 1.70 bits per heavy atom. The Kier molecular flexibility index (Phi) is 6.57. The third kappa shape index (κ3) is 5.31. The van der Waals surface area contributed by atoms with E-state index in [1.807, 2.05) is 11.4 Å². The van der Waals surface area contributed by atoms with E-state index in [4.69, 9.17) is 11.0 Å². The summed E-state index contributed by atoms with van der Waals surface area (Å²) in [6, 6.07) is 1.14. The van der Waals surface area contributed by atoms with E-state index < -0.39 is 11.9 Å². The highest BCUT2D eigenvalue weighted by molar-refractivity contribution is 6.06. The van der Waals surface area contributed by atoms with E-state index in [2.05, 4.69) is 5.32 Å². The molecule has 6 heteroatoms. The van der Waals surface area contributed by atoms with Crippen molar-refractivity contribution in [3.8, 4) is 6.07 Å². The summed E-state index contributed by atoms with van der Waals surface area (Å²) in [4.78, 5) is 22.3. The van der Waals surface area contributed by atoms with Crippen molar-refractivity contribution in [2.75, 3.05) is 0 Å². The van der Waals surface area contributed by atoms with Gasteiger partial charge in [-0.1, -0.05) is 32.1 Å². The van der Waals surface area contributed by atoms with Gasteiger partial charge in [-0.25, -0.2) is 4.79 Å². The fourth-order valence-corrected chi connectivity index (χ4v) is 2.46. The van der Waals surface area contributed by atoms with E-state index in [1.54, 1.807) is 6.92 Å². The molecule has 0 saturated heterocycles. The van der Waals surface area contributed by atoms with Crippen molar-refractivity contribution in [3.05, 3.63) is 11.3 Å². The number of primary amides is 1. The van der Waals surface area contributed by atoms with Crippen molar-refractivity contribution >= 4 is 11.9 Å². The summed E-state index contributed by atoms with van der Waals surface area (Å²) in [7, 11) is 0. The molecule has 0 radical (unpaired) electrons. The molecule has 0 aromatic rings. The maximum atomic E-state index is 11.7. The quantitative estimate of drug-likeness (QED) is 0.539. The second-order valence-electron chi connectivity index (χ2n) is 5.12. The van der Waals surface area contributed by atoms with Crippen LogP contribution in [-0.2, 0) is 4.79 Å². The summed E-state index contributed by atoms with van der Waals surface area (Å²) in [6.07, 6.45) is 8.12. The van der Waals surface area contributed by atoms with Gasteiger partial charge >= 0.3 is 6.03 Å². The van der Waals surface area contributed by atoms with Gasteiger partial charge in [-0.2, -0.15) is 5.26 Å². The lowest BCUT2D eigenvalue weighted by Gasteiger charge is -2.22. The van der Waals surface area contributed by atoms with Crippen LogP contribution in [0.4, 0.5) is 4.79 Å². The zero-order valence-corrected chi connectivity index (χ0v) is 11.9. The number of hydrogen-bond donors (Lipinski definition) is 3. The van der Waals surface area contributed by atoms with Crippen LogP contribution in [0.15, 0.2) is 11.3 Å². The minimum atomic E-state index is -0.957. The number of rotatable bonds is 3. The van der Waals surface area contributed by atoms with Gasteiger partial charge in [0.2, 0.25) is 0 Å². The molecular formula is C14H22N4O2. The molecule has 1 rings (SSSR count). The first-order valence-electron chi connectivity index (χ1n) is 7.03. The molecule has 20 heavy (non-hydrogen) atoms. The monoisotopic (exact) mass is 278 g/mol. The van der Waals surface area contributed by atoms with Gasteiger partial charge in [0, 0.05) is 11.7 Å². The number of allylic oxidation sites excluding steroid dienone is 1. The second-order valence-corrected chi connectivity index (χ2v) is 5.12. The predicted molar refractivity (Wildman–Crippen MR) is 75.3 cm³/mol. The van der Waals surface area contributed by atoms with Gasteiger partial charge < -0.3 is 11.1 Å². The summed E-state index contributed by atoms with van der Waals surface area (Å²) >= 11 is 0. The highest BCUT2D eigenvalue weighted by atomic mass is 16.2. The Morgan fingerprint density at radius 1 is 1.15 bits per heavy atom. The first-order chi connectivity index (χ1) is 9.54. The lowest BCUT2D eigenvalue weighted by atomic mass is 9.96. The molecule has 0 aromatic heterocycles. The standard InChI is InChI=1S/C14H22N4O2/c1-10(12(9-15)13(19)18-14(16)20)17-11-7-5-3-2-4-6-8-11/h11,17H,2-8H2,1H3,(H3,16,18,19,20)/b12-10+. The zero-order chi connectivity index (χ0) is 15.0. The summed E-state index contributed by atoms with van der Waals surface area (Å²) in [6.45, 7) is 1.68. The first kappa shape index (κ1) is 16.0. The molecule has 0 spiro atoms. The maximum Gasteiger partial charge on any atom is 0.319 e. The number of nitrogens with one attached hydrogen (secondary N) is 2. The minimum absolute atomic E-state index is 0.0918. The number of imide groups is 1. The molecule has 110 valence electrons.